The van der Waals surface area contributed by atoms with Gasteiger partial charge in [0, 0.05) is 40.3 Å². The summed E-state index contributed by atoms with van der Waals surface area (Å²) in [6.45, 7) is 3.09. The Morgan fingerprint density at radius 2 is 2.35 bits per heavy atom. The average Bonchev–Trinajstić information content (AvgIpc) is 2.47. The number of piperazine rings is 1. The van der Waals surface area contributed by atoms with Crippen LogP contribution in [-0.4, -0.2) is 55.5 Å². The summed E-state index contributed by atoms with van der Waals surface area (Å²) in [7, 11) is 3.57. The number of amides is 1. The number of benzene rings is 1. The molecule has 0 aliphatic carbocycles. The zero-order valence-electron chi connectivity index (χ0n) is 12.0. The zero-order valence-corrected chi connectivity index (χ0v) is 12.0. The van der Waals surface area contributed by atoms with Crippen LogP contribution in [0.3, 0.4) is 0 Å². The summed E-state index contributed by atoms with van der Waals surface area (Å²) in [6, 6.07) is 9.59. The highest BCUT2D eigenvalue weighted by Gasteiger charge is 2.29. The minimum absolute atomic E-state index is 0.119. The normalized spacial score (nSPS) is 19.4. The van der Waals surface area contributed by atoms with E-state index in [-0.39, 0.29) is 11.9 Å². The number of carbonyl (C=O) groups excluding carboxylic acids is 1. The Kier molecular flexibility index (Phi) is 4.72. The average molecular weight is 272 g/mol. The molecule has 106 valence electrons. The van der Waals surface area contributed by atoms with Crippen molar-refractivity contribution in [2.75, 3.05) is 33.7 Å². The van der Waals surface area contributed by atoms with Gasteiger partial charge in [-0.1, -0.05) is 12.1 Å². The maximum absolute atomic E-state index is 12.2. The third-order valence-electron chi connectivity index (χ3n) is 3.52. The Morgan fingerprint density at radius 3 is 3.05 bits per heavy atom. The van der Waals surface area contributed by atoms with E-state index >= 15 is 0 Å². The summed E-state index contributed by atoms with van der Waals surface area (Å²) in [4.78, 5) is 16.0. The van der Waals surface area contributed by atoms with Gasteiger partial charge in [-0.3, -0.25) is 9.69 Å². The predicted molar refractivity (Wildman–Crippen MR) is 76.9 cm³/mol. The van der Waals surface area contributed by atoms with Gasteiger partial charge in [0.1, 0.15) is 6.04 Å². The van der Waals surface area contributed by atoms with Crippen molar-refractivity contribution in [1.29, 1.82) is 5.26 Å². The summed E-state index contributed by atoms with van der Waals surface area (Å²) >= 11 is 0. The van der Waals surface area contributed by atoms with Crippen molar-refractivity contribution in [3.05, 3.63) is 35.4 Å². The molecule has 0 spiro atoms. The zero-order chi connectivity index (χ0) is 14.5. The number of nitriles is 1. The van der Waals surface area contributed by atoms with Crippen molar-refractivity contribution in [3.63, 3.8) is 0 Å². The van der Waals surface area contributed by atoms with Gasteiger partial charge < -0.3 is 10.2 Å². The molecule has 20 heavy (non-hydrogen) atoms. The molecule has 5 heteroatoms. The molecule has 0 aromatic heterocycles. The summed E-state index contributed by atoms with van der Waals surface area (Å²) in [6.07, 6.45) is 0. The number of rotatable bonds is 3. The standard InChI is InChI=1S/C15H20N4O/c1-18(2)15(20)14-10-17-6-7-19(14)11-13-5-3-4-12(8-13)9-16/h3-5,8,14,17H,6-7,10-11H2,1-2H3. The van der Waals surface area contributed by atoms with E-state index in [2.05, 4.69) is 16.3 Å². The van der Waals surface area contributed by atoms with Gasteiger partial charge >= 0.3 is 0 Å². The van der Waals surface area contributed by atoms with Crippen LogP contribution >= 0.6 is 0 Å². The van der Waals surface area contributed by atoms with Gasteiger partial charge in [0.15, 0.2) is 0 Å². The summed E-state index contributed by atoms with van der Waals surface area (Å²) in [5, 5.41) is 12.2. The molecular formula is C15H20N4O. The minimum atomic E-state index is -0.135. The fourth-order valence-corrected chi connectivity index (χ4v) is 2.45. The maximum atomic E-state index is 12.2. The molecule has 0 bridgehead atoms. The molecule has 1 unspecified atom stereocenters. The van der Waals surface area contributed by atoms with E-state index in [1.807, 2.05) is 18.2 Å². The van der Waals surface area contributed by atoms with Crippen molar-refractivity contribution in [2.24, 2.45) is 0 Å². The lowest BCUT2D eigenvalue weighted by Gasteiger charge is -2.36. The van der Waals surface area contributed by atoms with E-state index in [9.17, 15) is 4.79 Å². The van der Waals surface area contributed by atoms with E-state index < -0.39 is 0 Å². The van der Waals surface area contributed by atoms with Gasteiger partial charge in [0.2, 0.25) is 5.91 Å². The third-order valence-corrected chi connectivity index (χ3v) is 3.52. The van der Waals surface area contributed by atoms with Crippen LogP contribution in [0.4, 0.5) is 0 Å². The molecule has 0 saturated carbocycles. The first-order valence-electron chi connectivity index (χ1n) is 6.77. The molecule has 1 fully saturated rings. The van der Waals surface area contributed by atoms with Crippen LogP contribution in [0.25, 0.3) is 0 Å². The molecule has 0 radical (unpaired) electrons. The Morgan fingerprint density at radius 1 is 1.55 bits per heavy atom. The van der Waals surface area contributed by atoms with Crippen molar-refractivity contribution in [2.45, 2.75) is 12.6 Å². The van der Waals surface area contributed by atoms with Crippen LogP contribution in [0.2, 0.25) is 0 Å². The largest absolute Gasteiger partial charge is 0.347 e. The Bertz CT molecular complexity index is 521. The first-order chi connectivity index (χ1) is 9.61. The number of nitrogens with one attached hydrogen (secondary N) is 1. The van der Waals surface area contributed by atoms with E-state index in [1.165, 1.54) is 0 Å². The quantitative estimate of drug-likeness (QED) is 0.866. The van der Waals surface area contributed by atoms with Gasteiger partial charge in [-0.2, -0.15) is 5.26 Å². The SMILES string of the molecule is CN(C)C(=O)C1CNCCN1Cc1cccc(C#N)c1. The number of nitrogens with zero attached hydrogens (tertiary/aromatic N) is 3. The second-order valence-electron chi connectivity index (χ2n) is 5.24. The lowest BCUT2D eigenvalue weighted by molar-refractivity contribution is -0.135. The van der Waals surface area contributed by atoms with E-state index in [4.69, 9.17) is 5.26 Å². The predicted octanol–water partition coefficient (Wildman–Crippen LogP) is 0.420. The van der Waals surface area contributed by atoms with Crippen LogP contribution in [-0.2, 0) is 11.3 Å². The van der Waals surface area contributed by atoms with E-state index in [1.54, 1.807) is 25.1 Å². The van der Waals surface area contributed by atoms with Crippen molar-refractivity contribution >= 4 is 5.91 Å². The molecule has 1 aliphatic heterocycles. The van der Waals surface area contributed by atoms with E-state index in [0.29, 0.717) is 18.7 Å². The number of hydrogen-bond donors (Lipinski definition) is 1. The lowest BCUT2D eigenvalue weighted by Crippen LogP contribution is -2.57. The molecular weight excluding hydrogens is 252 g/mol. The minimum Gasteiger partial charge on any atom is -0.347 e. The van der Waals surface area contributed by atoms with Gasteiger partial charge in [-0.05, 0) is 17.7 Å². The summed E-state index contributed by atoms with van der Waals surface area (Å²) < 4.78 is 0. The second kappa shape index (κ2) is 6.51. The molecule has 1 aromatic rings. The van der Waals surface area contributed by atoms with Crippen LogP contribution in [0.1, 0.15) is 11.1 Å². The monoisotopic (exact) mass is 272 g/mol. The molecule has 1 saturated heterocycles. The fraction of sp³-hybridized carbons (Fsp3) is 0.467. The molecule has 2 rings (SSSR count). The van der Waals surface area contributed by atoms with Crippen molar-refractivity contribution in [1.82, 2.24) is 15.1 Å². The first kappa shape index (κ1) is 14.5. The summed E-state index contributed by atoms with van der Waals surface area (Å²) in [5.41, 5.74) is 1.73. The smallest absolute Gasteiger partial charge is 0.240 e. The fourth-order valence-electron chi connectivity index (χ4n) is 2.45. The van der Waals surface area contributed by atoms with Crippen LogP contribution < -0.4 is 5.32 Å². The maximum Gasteiger partial charge on any atom is 0.240 e. The number of likely N-dealkylation sites (N-methyl/N-ethyl adjacent to an activating group) is 1. The Balaban J connectivity index is 2.12. The molecule has 1 N–H and O–H groups in total. The lowest BCUT2D eigenvalue weighted by atomic mass is 10.1. The van der Waals surface area contributed by atoms with Crippen molar-refractivity contribution < 1.29 is 4.79 Å². The highest BCUT2D eigenvalue weighted by Crippen LogP contribution is 2.13. The molecule has 1 aromatic carbocycles. The van der Waals surface area contributed by atoms with E-state index in [0.717, 1.165) is 18.7 Å². The molecule has 5 nitrogen and oxygen atoms in total. The third kappa shape index (κ3) is 3.35. The Labute approximate surface area is 119 Å². The topological polar surface area (TPSA) is 59.4 Å². The Hall–Kier alpha value is -1.90. The highest BCUT2D eigenvalue weighted by molar-refractivity contribution is 5.81. The number of hydrogen-bond acceptors (Lipinski definition) is 4. The van der Waals surface area contributed by atoms with Gasteiger partial charge in [-0.15, -0.1) is 0 Å². The van der Waals surface area contributed by atoms with Gasteiger partial charge in [-0.25, -0.2) is 0 Å². The van der Waals surface area contributed by atoms with Crippen LogP contribution in [0.5, 0.6) is 0 Å². The van der Waals surface area contributed by atoms with Gasteiger partial charge in [0.25, 0.3) is 0 Å². The second-order valence-corrected chi connectivity index (χ2v) is 5.24. The molecule has 1 heterocycles. The summed E-state index contributed by atoms with van der Waals surface area (Å²) in [5.74, 6) is 0.119. The van der Waals surface area contributed by atoms with Gasteiger partial charge in [0.05, 0.1) is 11.6 Å². The highest BCUT2D eigenvalue weighted by atomic mass is 16.2. The molecule has 1 amide bonds. The van der Waals surface area contributed by atoms with Crippen LogP contribution in [0, 0.1) is 11.3 Å². The number of carbonyl (C=O) groups is 1. The first-order valence-corrected chi connectivity index (χ1v) is 6.77. The molecule has 1 atom stereocenters. The molecule has 1 aliphatic rings. The van der Waals surface area contributed by atoms with Crippen LogP contribution in [0.15, 0.2) is 24.3 Å². The van der Waals surface area contributed by atoms with Crippen molar-refractivity contribution in [3.8, 4) is 6.07 Å².